The maximum absolute atomic E-state index is 11.6. The molecule has 10 heavy (non-hydrogen) atoms. The van der Waals surface area contributed by atoms with Crippen molar-refractivity contribution in [2.75, 3.05) is 12.0 Å². The SMILES string of the molecule is CSC/C=C(\Cl)C(F)(F)F. The Balaban J connectivity index is 3.93. The van der Waals surface area contributed by atoms with E-state index in [9.17, 15) is 13.2 Å². The van der Waals surface area contributed by atoms with Gasteiger partial charge in [-0.1, -0.05) is 17.7 Å². The molecule has 0 aromatic rings. The van der Waals surface area contributed by atoms with Crippen molar-refractivity contribution >= 4 is 23.4 Å². The summed E-state index contributed by atoms with van der Waals surface area (Å²) >= 11 is 6.14. The van der Waals surface area contributed by atoms with Gasteiger partial charge in [-0.05, 0) is 6.26 Å². The Morgan fingerprint density at radius 3 is 2.40 bits per heavy atom. The van der Waals surface area contributed by atoms with Crippen LogP contribution in [-0.2, 0) is 0 Å². The Morgan fingerprint density at radius 2 is 2.10 bits per heavy atom. The molecule has 0 fully saturated rings. The molecule has 0 aromatic heterocycles. The van der Waals surface area contributed by atoms with Crippen LogP contribution in [0.5, 0.6) is 0 Å². The molecule has 0 amide bonds. The van der Waals surface area contributed by atoms with Gasteiger partial charge in [-0.2, -0.15) is 24.9 Å². The van der Waals surface area contributed by atoms with Gasteiger partial charge in [-0.3, -0.25) is 0 Å². The lowest BCUT2D eigenvalue weighted by Gasteiger charge is -2.02. The standard InChI is InChI=1S/C5H6ClF3S/c1-10-3-2-4(6)5(7,8)9/h2H,3H2,1H3/b4-2-. The highest BCUT2D eigenvalue weighted by atomic mass is 35.5. The van der Waals surface area contributed by atoms with E-state index in [0.717, 1.165) is 6.08 Å². The molecule has 0 rings (SSSR count). The molecule has 60 valence electrons. The number of thioether (sulfide) groups is 1. The van der Waals surface area contributed by atoms with Crippen LogP contribution < -0.4 is 0 Å². The predicted molar refractivity (Wildman–Crippen MR) is 38.4 cm³/mol. The fourth-order valence-electron chi connectivity index (χ4n) is 0.272. The summed E-state index contributed by atoms with van der Waals surface area (Å²) in [6.45, 7) is 0. The lowest BCUT2D eigenvalue weighted by Crippen LogP contribution is -2.07. The van der Waals surface area contributed by atoms with E-state index in [1.165, 1.54) is 11.8 Å². The number of halogens is 4. The van der Waals surface area contributed by atoms with Crippen LogP contribution in [0.1, 0.15) is 0 Å². The topological polar surface area (TPSA) is 0 Å². The molecular formula is C5H6ClF3S. The molecule has 0 nitrogen and oxygen atoms in total. The molecule has 0 radical (unpaired) electrons. The second kappa shape index (κ2) is 4.13. The van der Waals surface area contributed by atoms with E-state index in [2.05, 4.69) is 0 Å². The van der Waals surface area contributed by atoms with Gasteiger partial charge in [0.2, 0.25) is 0 Å². The number of hydrogen-bond donors (Lipinski definition) is 0. The highest BCUT2D eigenvalue weighted by molar-refractivity contribution is 7.98. The van der Waals surface area contributed by atoms with Crippen molar-refractivity contribution in [1.29, 1.82) is 0 Å². The summed E-state index contributed by atoms with van der Waals surface area (Å²) in [6, 6.07) is 0. The van der Waals surface area contributed by atoms with Crippen molar-refractivity contribution in [3.8, 4) is 0 Å². The maximum atomic E-state index is 11.6. The minimum atomic E-state index is -4.38. The van der Waals surface area contributed by atoms with E-state index in [-0.39, 0.29) is 0 Å². The molecule has 0 spiro atoms. The molecule has 0 atom stereocenters. The number of alkyl halides is 3. The molecular weight excluding hydrogens is 185 g/mol. The largest absolute Gasteiger partial charge is 0.426 e. The monoisotopic (exact) mass is 190 g/mol. The van der Waals surface area contributed by atoms with Crippen LogP contribution in [0.3, 0.4) is 0 Å². The smallest absolute Gasteiger partial charge is 0.165 e. The predicted octanol–water partition coefficient (Wildman–Crippen LogP) is 3.03. The van der Waals surface area contributed by atoms with Gasteiger partial charge < -0.3 is 0 Å². The van der Waals surface area contributed by atoms with Crippen LogP contribution in [0.4, 0.5) is 13.2 Å². The van der Waals surface area contributed by atoms with Gasteiger partial charge in [0.05, 0.1) is 0 Å². The zero-order valence-corrected chi connectivity index (χ0v) is 6.78. The molecule has 0 aliphatic rings. The Bertz CT molecular complexity index is 129. The molecule has 0 N–H and O–H groups in total. The zero-order chi connectivity index (χ0) is 8.20. The van der Waals surface area contributed by atoms with Crippen molar-refractivity contribution in [2.24, 2.45) is 0 Å². The maximum Gasteiger partial charge on any atom is 0.426 e. The summed E-state index contributed by atoms with van der Waals surface area (Å²) in [5.74, 6) is 0.290. The Kier molecular flexibility index (Phi) is 4.20. The Morgan fingerprint density at radius 1 is 1.60 bits per heavy atom. The van der Waals surface area contributed by atoms with E-state index in [1.54, 1.807) is 6.26 Å². The first-order valence-corrected chi connectivity index (χ1v) is 4.17. The van der Waals surface area contributed by atoms with Crippen LogP contribution in [0.25, 0.3) is 0 Å². The Hall–Kier alpha value is 0.170. The van der Waals surface area contributed by atoms with Gasteiger partial charge in [-0.15, -0.1) is 0 Å². The van der Waals surface area contributed by atoms with Crippen molar-refractivity contribution in [2.45, 2.75) is 6.18 Å². The Labute approximate surface area is 66.4 Å². The van der Waals surface area contributed by atoms with Crippen LogP contribution in [0, 0.1) is 0 Å². The third-order valence-electron chi connectivity index (χ3n) is 0.700. The average Bonchev–Trinajstić information content (AvgIpc) is 1.80. The van der Waals surface area contributed by atoms with Gasteiger partial charge in [0.25, 0.3) is 0 Å². The molecule has 0 saturated carbocycles. The van der Waals surface area contributed by atoms with Crippen LogP contribution in [-0.4, -0.2) is 18.2 Å². The van der Waals surface area contributed by atoms with E-state index in [1.807, 2.05) is 0 Å². The minimum absolute atomic E-state index is 0.290. The second-order valence-corrected chi connectivity index (χ2v) is 2.82. The fraction of sp³-hybridized carbons (Fsp3) is 0.600. The first-order valence-electron chi connectivity index (χ1n) is 2.40. The first kappa shape index (κ1) is 10.2. The van der Waals surface area contributed by atoms with Crippen LogP contribution in [0.15, 0.2) is 11.1 Å². The summed E-state index contributed by atoms with van der Waals surface area (Å²) in [7, 11) is 0. The van der Waals surface area contributed by atoms with E-state index in [0.29, 0.717) is 5.75 Å². The van der Waals surface area contributed by atoms with Crippen molar-refractivity contribution in [3.63, 3.8) is 0 Å². The lowest BCUT2D eigenvalue weighted by atomic mass is 10.5. The molecule has 0 bridgehead atoms. The molecule has 0 unspecified atom stereocenters. The quantitative estimate of drug-likeness (QED) is 0.645. The third-order valence-corrected chi connectivity index (χ3v) is 1.57. The number of hydrogen-bond acceptors (Lipinski definition) is 1. The zero-order valence-electron chi connectivity index (χ0n) is 5.20. The van der Waals surface area contributed by atoms with E-state index < -0.39 is 11.2 Å². The number of allylic oxidation sites excluding steroid dienone is 1. The first-order chi connectivity index (χ1) is 4.48. The van der Waals surface area contributed by atoms with Crippen molar-refractivity contribution in [3.05, 3.63) is 11.1 Å². The minimum Gasteiger partial charge on any atom is -0.165 e. The highest BCUT2D eigenvalue weighted by Gasteiger charge is 2.31. The van der Waals surface area contributed by atoms with E-state index >= 15 is 0 Å². The van der Waals surface area contributed by atoms with Crippen molar-refractivity contribution in [1.82, 2.24) is 0 Å². The molecule has 0 aliphatic heterocycles. The molecule has 5 heteroatoms. The molecule has 0 aliphatic carbocycles. The van der Waals surface area contributed by atoms with Gasteiger partial charge in [0.1, 0.15) is 5.03 Å². The average molecular weight is 191 g/mol. The summed E-state index contributed by atoms with van der Waals surface area (Å²) in [5, 5.41) is -1.04. The normalized spacial score (nSPS) is 13.9. The molecule has 0 heterocycles. The van der Waals surface area contributed by atoms with Gasteiger partial charge in [0.15, 0.2) is 0 Å². The lowest BCUT2D eigenvalue weighted by molar-refractivity contribution is -0.0846. The van der Waals surface area contributed by atoms with Gasteiger partial charge >= 0.3 is 6.18 Å². The number of rotatable bonds is 2. The third kappa shape index (κ3) is 4.06. The second-order valence-electron chi connectivity index (χ2n) is 1.51. The fourth-order valence-corrected chi connectivity index (χ4v) is 0.774. The summed E-state index contributed by atoms with van der Waals surface area (Å²) < 4.78 is 34.7. The van der Waals surface area contributed by atoms with Crippen LogP contribution >= 0.6 is 23.4 Å². The van der Waals surface area contributed by atoms with Gasteiger partial charge in [-0.25, -0.2) is 0 Å². The highest BCUT2D eigenvalue weighted by Crippen LogP contribution is 2.28. The summed E-state index contributed by atoms with van der Waals surface area (Å²) in [5.41, 5.74) is 0. The summed E-state index contributed by atoms with van der Waals surface area (Å²) in [6.07, 6.45) is -1.72. The summed E-state index contributed by atoms with van der Waals surface area (Å²) in [4.78, 5) is 0. The van der Waals surface area contributed by atoms with E-state index in [4.69, 9.17) is 11.6 Å². The van der Waals surface area contributed by atoms with Crippen LogP contribution in [0.2, 0.25) is 0 Å². The molecule has 0 aromatic carbocycles. The van der Waals surface area contributed by atoms with Gasteiger partial charge in [0, 0.05) is 5.75 Å². The van der Waals surface area contributed by atoms with Crippen molar-refractivity contribution < 1.29 is 13.2 Å². The molecule has 0 saturated heterocycles.